The lowest BCUT2D eigenvalue weighted by Crippen LogP contribution is -2.21. The highest BCUT2D eigenvalue weighted by Crippen LogP contribution is 2.21. The van der Waals surface area contributed by atoms with Gasteiger partial charge in [-0.3, -0.25) is 14.2 Å². The van der Waals surface area contributed by atoms with Crippen molar-refractivity contribution >= 4 is 28.8 Å². The average molecular weight is 429 g/mol. The zero-order valence-corrected chi connectivity index (χ0v) is 16.5. The highest BCUT2D eigenvalue weighted by Gasteiger charge is 2.11. The first-order chi connectivity index (χ1) is 14.0. The van der Waals surface area contributed by atoms with E-state index in [0.717, 1.165) is 0 Å². The Kier molecular flexibility index (Phi) is 5.28. The monoisotopic (exact) mass is 428 g/mol. The van der Waals surface area contributed by atoms with E-state index in [1.165, 1.54) is 46.6 Å². The van der Waals surface area contributed by atoms with E-state index in [1.54, 1.807) is 41.1 Å². The van der Waals surface area contributed by atoms with Gasteiger partial charge in [-0.2, -0.15) is 0 Å². The summed E-state index contributed by atoms with van der Waals surface area (Å²) in [6.07, 6.45) is 4.75. The van der Waals surface area contributed by atoms with Crippen LogP contribution in [0.25, 0.3) is 11.4 Å². The fourth-order valence-corrected chi connectivity index (χ4v) is 3.73. The number of imidazole rings is 1. The van der Waals surface area contributed by atoms with Crippen LogP contribution >= 0.6 is 22.9 Å². The molecule has 6 nitrogen and oxygen atoms in total. The summed E-state index contributed by atoms with van der Waals surface area (Å²) >= 11 is 7.03. The third kappa shape index (κ3) is 4.13. The largest absolute Gasteiger partial charge is 0.346 e. The van der Waals surface area contributed by atoms with Gasteiger partial charge in [0.05, 0.1) is 33.5 Å². The van der Waals surface area contributed by atoms with E-state index >= 15 is 0 Å². The number of nitrogens with one attached hydrogen (secondary N) is 1. The summed E-state index contributed by atoms with van der Waals surface area (Å²) in [4.78, 5) is 28.7. The number of carbonyl (C=O) groups is 1. The van der Waals surface area contributed by atoms with Crippen LogP contribution in [0.15, 0.2) is 72.0 Å². The fraction of sp³-hybridized carbons (Fsp3) is 0.0500. The first kappa shape index (κ1) is 19.1. The number of rotatable bonds is 5. The van der Waals surface area contributed by atoms with E-state index in [0.29, 0.717) is 20.6 Å². The zero-order valence-electron chi connectivity index (χ0n) is 14.9. The third-order valence-corrected chi connectivity index (χ3v) is 5.40. The second-order valence-electron chi connectivity index (χ2n) is 6.10. The van der Waals surface area contributed by atoms with Crippen LogP contribution in [0, 0.1) is 5.82 Å². The number of hydrogen-bond acceptors (Lipinski definition) is 4. The molecule has 0 atom stereocenters. The Bertz CT molecular complexity index is 1250. The van der Waals surface area contributed by atoms with Crippen molar-refractivity contribution in [3.8, 4) is 11.4 Å². The predicted molar refractivity (Wildman–Crippen MR) is 110 cm³/mol. The second kappa shape index (κ2) is 8.02. The van der Waals surface area contributed by atoms with Crippen molar-refractivity contribution in [3.63, 3.8) is 0 Å². The van der Waals surface area contributed by atoms with Crippen LogP contribution in [0.5, 0.6) is 0 Å². The maximum absolute atomic E-state index is 14.6. The number of halogens is 2. The Hall–Kier alpha value is -3.23. The van der Waals surface area contributed by atoms with E-state index in [-0.39, 0.29) is 23.7 Å². The second-order valence-corrected chi connectivity index (χ2v) is 7.82. The van der Waals surface area contributed by atoms with Crippen molar-refractivity contribution in [2.75, 3.05) is 0 Å². The van der Waals surface area contributed by atoms with Crippen LogP contribution in [0.3, 0.4) is 0 Å². The van der Waals surface area contributed by atoms with Gasteiger partial charge < -0.3 is 9.88 Å². The van der Waals surface area contributed by atoms with Gasteiger partial charge in [0.2, 0.25) is 0 Å². The average Bonchev–Trinajstić information content (AvgIpc) is 3.36. The van der Waals surface area contributed by atoms with Gasteiger partial charge >= 0.3 is 0 Å². The molecular formula is C20H14ClFN4O2S. The van der Waals surface area contributed by atoms with Gasteiger partial charge in [-0.1, -0.05) is 17.7 Å². The summed E-state index contributed by atoms with van der Waals surface area (Å²) < 4.78 is 18.0. The Morgan fingerprint density at radius 2 is 2.07 bits per heavy atom. The summed E-state index contributed by atoms with van der Waals surface area (Å²) in [5, 5.41) is 2.77. The predicted octanol–water partition coefficient (Wildman–Crippen LogP) is 3.81. The molecule has 1 amide bonds. The normalized spacial score (nSPS) is 10.8. The number of amides is 1. The van der Waals surface area contributed by atoms with Gasteiger partial charge in [-0.05, 0) is 30.3 Å². The van der Waals surface area contributed by atoms with E-state index in [2.05, 4.69) is 10.3 Å². The summed E-state index contributed by atoms with van der Waals surface area (Å²) in [7, 11) is 0. The van der Waals surface area contributed by atoms with Crippen molar-refractivity contribution in [2.45, 2.75) is 6.54 Å². The van der Waals surface area contributed by atoms with Gasteiger partial charge in [0, 0.05) is 30.2 Å². The number of carbonyl (C=O) groups excluding carboxylic acids is 1. The highest BCUT2D eigenvalue weighted by molar-refractivity contribution is 7.17. The van der Waals surface area contributed by atoms with Gasteiger partial charge in [-0.25, -0.2) is 9.37 Å². The standard InChI is InChI=1S/C20H14ClFN4O2S/c21-18-7-6-17(29-18)20(28)23-10-13-11-25(12-24-13)14-4-5-16(15(22)9-14)26-8-2-1-3-19(26)27/h1-9,11-12H,10H2,(H,23,28). The Labute approximate surface area is 173 Å². The molecule has 0 aliphatic heterocycles. The third-order valence-electron chi connectivity index (χ3n) is 4.17. The van der Waals surface area contributed by atoms with Gasteiger partial charge in [0.15, 0.2) is 0 Å². The van der Waals surface area contributed by atoms with Crippen molar-refractivity contribution in [1.82, 2.24) is 19.4 Å². The van der Waals surface area contributed by atoms with Crippen molar-refractivity contribution < 1.29 is 9.18 Å². The number of nitrogens with zero attached hydrogens (tertiary/aromatic N) is 3. The zero-order chi connectivity index (χ0) is 20.4. The summed E-state index contributed by atoms with van der Waals surface area (Å²) in [6.45, 7) is 0.224. The van der Waals surface area contributed by atoms with Crippen LogP contribution < -0.4 is 10.9 Å². The van der Waals surface area contributed by atoms with E-state index in [9.17, 15) is 14.0 Å². The molecule has 0 radical (unpaired) electrons. The SMILES string of the molecule is O=C(NCc1cn(-c2ccc(-n3ccccc3=O)c(F)c2)cn1)c1ccc(Cl)s1. The maximum atomic E-state index is 14.6. The lowest BCUT2D eigenvalue weighted by Gasteiger charge is -2.09. The quantitative estimate of drug-likeness (QED) is 0.525. The number of pyridine rings is 1. The molecule has 9 heteroatoms. The van der Waals surface area contributed by atoms with Crippen molar-refractivity contribution in [1.29, 1.82) is 0 Å². The summed E-state index contributed by atoms with van der Waals surface area (Å²) in [5.74, 6) is -0.769. The fourth-order valence-electron chi connectivity index (χ4n) is 2.77. The van der Waals surface area contributed by atoms with E-state index < -0.39 is 5.82 Å². The molecule has 0 saturated carbocycles. The number of thiophene rings is 1. The Morgan fingerprint density at radius 1 is 1.21 bits per heavy atom. The summed E-state index contributed by atoms with van der Waals surface area (Å²) in [6, 6.07) is 12.5. The molecule has 3 heterocycles. The number of aromatic nitrogens is 3. The molecule has 0 fully saturated rings. The molecule has 3 aromatic heterocycles. The first-order valence-electron chi connectivity index (χ1n) is 8.55. The molecule has 146 valence electrons. The van der Waals surface area contributed by atoms with Gasteiger partial charge in [-0.15, -0.1) is 11.3 Å². The van der Waals surface area contributed by atoms with E-state index in [4.69, 9.17) is 11.6 Å². The minimum absolute atomic E-state index is 0.168. The van der Waals surface area contributed by atoms with Crippen LogP contribution in [-0.2, 0) is 6.54 Å². The molecule has 0 aliphatic rings. The topological polar surface area (TPSA) is 68.9 Å². The summed E-state index contributed by atoms with van der Waals surface area (Å²) in [5.41, 5.74) is 1.02. The van der Waals surface area contributed by atoms with Crippen LogP contribution in [0.1, 0.15) is 15.4 Å². The Balaban J connectivity index is 1.49. The molecule has 29 heavy (non-hydrogen) atoms. The first-order valence-corrected chi connectivity index (χ1v) is 9.75. The highest BCUT2D eigenvalue weighted by atomic mass is 35.5. The van der Waals surface area contributed by atoms with E-state index in [1.807, 2.05) is 0 Å². The molecule has 0 spiro atoms. The minimum atomic E-state index is -0.533. The lowest BCUT2D eigenvalue weighted by atomic mass is 10.2. The van der Waals surface area contributed by atoms with Gasteiger partial charge in [0.1, 0.15) is 5.82 Å². The maximum Gasteiger partial charge on any atom is 0.261 e. The molecule has 0 unspecified atom stereocenters. The molecule has 4 aromatic rings. The molecule has 1 aromatic carbocycles. The molecule has 0 bridgehead atoms. The van der Waals surface area contributed by atoms with Crippen molar-refractivity contribution in [3.05, 3.63) is 98.3 Å². The van der Waals surface area contributed by atoms with Crippen LogP contribution in [0.4, 0.5) is 4.39 Å². The lowest BCUT2D eigenvalue weighted by molar-refractivity contribution is 0.0954. The molecular weight excluding hydrogens is 415 g/mol. The molecule has 4 rings (SSSR count). The van der Waals surface area contributed by atoms with Crippen molar-refractivity contribution in [2.24, 2.45) is 0 Å². The molecule has 0 saturated heterocycles. The van der Waals surface area contributed by atoms with Gasteiger partial charge in [0.25, 0.3) is 11.5 Å². The molecule has 0 aliphatic carbocycles. The van der Waals surface area contributed by atoms with Crippen LogP contribution in [-0.4, -0.2) is 20.0 Å². The number of hydrogen-bond donors (Lipinski definition) is 1. The van der Waals surface area contributed by atoms with Crippen LogP contribution in [0.2, 0.25) is 4.34 Å². The number of benzene rings is 1. The molecule has 1 N–H and O–H groups in total. The Morgan fingerprint density at radius 3 is 2.79 bits per heavy atom. The minimum Gasteiger partial charge on any atom is -0.346 e. The smallest absolute Gasteiger partial charge is 0.261 e.